The molecule has 0 aromatic heterocycles. The van der Waals surface area contributed by atoms with Crippen LogP contribution in [0.1, 0.15) is 45.4 Å². The predicted octanol–water partition coefficient (Wildman–Crippen LogP) is 1.17. The van der Waals surface area contributed by atoms with Crippen molar-refractivity contribution in [3.8, 4) is 0 Å². The molecule has 5 nitrogen and oxygen atoms in total. The molecule has 1 saturated heterocycles. The average molecular weight is 239 g/mol. The molecule has 1 saturated carbocycles. The minimum absolute atomic E-state index is 0.0770. The van der Waals surface area contributed by atoms with Gasteiger partial charge >= 0.3 is 5.97 Å². The van der Waals surface area contributed by atoms with Crippen molar-refractivity contribution in [3.63, 3.8) is 0 Å². The molecule has 2 rings (SSSR count). The fourth-order valence-electron chi connectivity index (χ4n) is 2.86. The molecule has 2 aliphatic rings. The van der Waals surface area contributed by atoms with Crippen LogP contribution in [0.2, 0.25) is 0 Å². The van der Waals surface area contributed by atoms with Gasteiger partial charge in [-0.05, 0) is 25.2 Å². The summed E-state index contributed by atoms with van der Waals surface area (Å²) in [6, 6.07) is 0. The Morgan fingerprint density at radius 3 is 2.24 bits per heavy atom. The van der Waals surface area contributed by atoms with Crippen molar-refractivity contribution in [2.24, 2.45) is 5.92 Å². The number of hydrogen-bond acceptors (Lipinski definition) is 3. The number of carboxylic acids is 1. The summed E-state index contributed by atoms with van der Waals surface area (Å²) in [5.74, 6) is -1.26. The van der Waals surface area contributed by atoms with Crippen LogP contribution in [0, 0.1) is 5.92 Å². The van der Waals surface area contributed by atoms with E-state index < -0.39 is 11.5 Å². The van der Waals surface area contributed by atoms with E-state index in [9.17, 15) is 14.4 Å². The average Bonchev–Trinajstić information content (AvgIpc) is 2.11. The predicted molar refractivity (Wildman–Crippen MR) is 59.1 cm³/mol. The van der Waals surface area contributed by atoms with Crippen LogP contribution in [0.4, 0.5) is 0 Å². The minimum Gasteiger partial charge on any atom is -0.481 e. The number of piperidine rings is 1. The molecule has 5 heteroatoms. The molecule has 0 aromatic carbocycles. The Kier molecular flexibility index (Phi) is 2.93. The van der Waals surface area contributed by atoms with Gasteiger partial charge < -0.3 is 5.11 Å². The van der Waals surface area contributed by atoms with Gasteiger partial charge in [-0.3, -0.25) is 19.3 Å². The highest BCUT2D eigenvalue weighted by molar-refractivity contribution is 5.99. The minimum atomic E-state index is -0.941. The third kappa shape index (κ3) is 2.06. The smallest absolute Gasteiger partial charge is 0.305 e. The first kappa shape index (κ1) is 12.1. The molecular formula is C12H17NO4. The Morgan fingerprint density at radius 1 is 1.35 bits per heavy atom. The fraction of sp³-hybridized carbons (Fsp3) is 0.750. The summed E-state index contributed by atoms with van der Waals surface area (Å²) in [6.45, 7) is 1.87. The maximum absolute atomic E-state index is 11.9. The van der Waals surface area contributed by atoms with Crippen molar-refractivity contribution in [2.75, 3.05) is 0 Å². The molecule has 0 unspecified atom stereocenters. The van der Waals surface area contributed by atoms with E-state index in [2.05, 4.69) is 0 Å². The summed E-state index contributed by atoms with van der Waals surface area (Å²) < 4.78 is 0. The summed E-state index contributed by atoms with van der Waals surface area (Å²) in [5.41, 5.74) is -0.722. The van der Waals surface area contributed by atoms with Gasteiger partial charge in [-0.2, -0.15) is 0 Å². The van der Waals surface area contributed by atoms with Crippen molar-refractivity contribution < 1.29 is 19.5 Å². The van der Waals surface area contributed by atoms with Gasteiger partial charge in [0.25, 0.3) is 0 Å². The van der Waals surface area contributed by atoms with E-state index in [1.807, 2.05) is 6.92 Å². The zero-order chi connectivity index (χ0) is 12.6. The molecule has 1 aliphatic heterocycles. The Morgan fingerprint density at radius 2 is 1.88 bits per heavy atom. The number of nitrogens with zero attached hydrogens (tertiary/aromatic N) is 1. The van der Waals surface area contributed by atoms with Gasteiger partial charge in [-0.15, -0.1) is 0 Å². The third-order valence-electron chi connectivity index (χ3n) is 3.78. The van der Waals surface area contributed by atoms with Crippen LogP contribution in [0.15, 0.2) is 0 Å². The largest absolute Gasteiger partial charge is 0.481 e. The first-order valence-corrected chi connectivity index (χ1v) is 6.02. The Bertz CT molecular complexity index is 355. The van der Waals surface area contributed by atoms with Crippen LogP contribution in [0.25, 0.3) is 0 Å². The second-order valence-electron chi connectivity index (χ2n) is 5.28. The lowest BCUT2D eigenvalue weighted by atomic mass is 9.71. The van der Waals surface area contributed by atoms with E-state index in [4.69, 9.17) is 5.11 Å². The maximum Gasteiger partial charge on any atom is 0.305 e. The summed E-state index contributed by atoms with van der Waals surface area (Å²) in [6.07, 6.45) is 2.75. The molecule has 0 aromatic rings. The fourth-order valence-corrected chi connectivity index (χ4v) is 2.86. The number of hydrogen-bond donors (Lipinski definition) is 1. The zero-order valence-electron chi connectivity index (χ0n) is 9.94. The number of aliphatic carboxylic acids is 1. The zero-order valence-corrected chi connectivity index (χ0v) is 9.94. The lowest BCUT2D eigenvalue weighted by Gasteiger charge is -2.50. The number of rotatable bonds is 3. The number of carbonyl (C=O) groups excluding carboxylic acids is 2. The number of carbonyl (C=O) groups is 3. The molecule has 0 atom stereocenters. The van der Waals surface area contributed by atoms with Gasteiger partial charge in [0, 0.05) is 12.8 Å². The van der Waals surface area contributed by atoms with Crippen molar-refractivity contribution in [1.29, 1.82) is 0 Å². The summed E-state index contributed by atoms with van der Waals surface area (Å²) in [5, 5.41) is 8.92. The van der Waals surface area contributed by atoms with Crippen LogP contribution in [0.3, 0.4) is 0 Å². The molecule has 1 N–H and O–H groups in total. The molecule has 0 spiro atoms. The van der Waals surface area contributed by atoms with E-state index in [1.54, 1.807) is 0 Å². The van der Waals surface area contributed by atoms with Gasteiger partial charge in [0.2, 0.25) is 11.8 Å². The highest BCUT2D eigenvalue weighted by Gasteiger charge is 2.50. The van der Waals surface area contributed by atoms with Gasteiger partial charge in [-0.1, -0.05) is 6.92 Å². The molecule has 2 amide bonds. The van der Waals surface area contributed by atoms with E-state index in [-0.39, 0.29) is 24.2 Å². The SMILES string of the molecule is CC1CC(=O)N(C2(CC(=O)O)CCC2)C(=O)C1. The molecule has 94 valence electrons. The maximum atomic E-state index is 11.9. The summed E-state index contributed by atoms with van der Waals surface area (Å²) in [7, 11) is 0. The Labute approximate surface area is 99.8 Å². The normalized spacial score (nSPS) is 24.6. The topological polar surface area (TPSA) is 74.7 Å². The second-order valence-corrected chi connectivity index (χ2v) is 5.28. The van der Waals surface area contributed by atoms with E-state index >= 15 is 0 Å². The number of carboxylic acid groups (broad SMARTS) is 1. The van der Waals surface area contributed by atoms with Crippen molar-refractivity contribution >= 4 is 17.8 Å². The molecule has 0 radical (unpaired) electrons. The first-order chi connectivity index (χ1) is 7.94. The third-order valence-corrected chi connectivity index (χ3v) is 3.78. The first-order valence-electron chi connectivity index (χ1n) is 6.02. The molecular weight excluding hydrogens is 222 g/mol. The molecule has 1 aliphatic carbocycles. The van der Waals surface area contributed by atoms with Gasteiger partial charge in [0.15, 0.2) is 0 Å². The highest BCUT2D eigenvalue weighted by atomic mass is 16.4. The molecule has 0 bridgehead atoms. The summed E-state index contributed by atoms with van der Waals surface area (Å²) >= 11 is 0. The van der Waals surface area contributed by atoms with E-state index in [0.717, 1.165) is 6.42 Å². The number of imide groups is 1. The highest BCUT2D eigenvalue weighted by Crippen LogP contribution is 2.43. The van der Waals surface area contributed by atoms with Crippen molar-refractivity contribution in [1.82, 2.24) is 4.90 Å². The molecule has 1 heterocycles. The van der Waals surface area contributed by atoms with Crippen LogP contribution >= 0.6 is 0 Å². The van der Waals surface area contributed by atoms with Gasteiger partial charge in [-0.25, -0.2) is 0 Å². The van der Waals surface area contributed by atoms with E-state index in [0.29, 0.717) is 25.7 Å². The van der Waals surface area contributed by atoms with Crippen molar-refractivity contribution in [3.05, 3.63) is 0 Å². The van der Waals surface area contributed by atoms with Crippen LogP contribution in [-0.4, -0.2) is 33.3 Å². The van der Waals surface area contributed by atoms with Crippen LogP contribution in [-0.2, 0) is 14.4 Å². The Hall–Kier alpha value is -1.39. The molecule has 17 heavy (non-hydrogen) atoms. The lowest BCUT2D eigenvalue weighted by Crippen LogP contribution is -2.61. The van der Waals surface area contributed by atoms with Crippen LogP contribution in [0.5, 0.6) is 0 Å². The monoisotopic (exact) mass is 239 g/mol. The number of amides is 2. The number of likely N-dealkylation sites (tertiary alicyclic amines) is 1. The van der Waals surface area contributed by atoms with Gasteiger partial charge in [0.1, 0.15) is 0 Å². The summed E-state index contributed by atoms with van der Waals surface area (Å²) in [4.78, 5) is 36.0. The molecule has 2 fully saturated rings. The van der Waals surface area contributed by atoms with Gasteiger partial charge in [0.05, 0.1) is 12.0 Å². The van der Waals surface area contributed by atoms with Crippen LogP contribution < -0.4 is 0 Å². The lowest BCUT2D eigenvalue weighted by molar-refractivity contribution is -0.164. The van der Waals surface area contributed by atoms with Crippen molar-refractivity contribution in [2.45, 2.75) is 51.0 Å². The second kappa shape index (κ2) is 4.13. The quantitative estimate of drug-likeness (QED) is 0.750. The van der Waals surface area contributed by atoms with E-state index in [1.165, 1.54) is 4.90 Å². The standard InChI is InChI=1S/C12H17NO4/c1-8-5-9(14)13(10(15)6-8)12(3-2-4-12)7-11(16)17/h8H,2-7H2,1H3,(H,16,17). The Balaban J connectivity index is 2.21.